The minimum Gasteiger partial charge on any atom is -0.450 e. The Morgan fingerprint density at radius 1 is 1.59 bits per heavy atom. The number of nitrogens with zero attached hydrogens (tertiary/aromatic N) is 2. The van der Waals surface area contributed by atoms with E-state index in [0.29, 0.717) is 30.7 Å². The fraction of sp³-hybridized carbons (Fsp3) is 0.533. The van der Waals surface area contributed by atoms with Crippen LogP contribution in [0.4, 0.5) is 0 Å². The van der Waals surface area contributed by atoms with E-state index in [4.69, 9.17) is 14.4 Å². The third-order valence-corrected chi connectivity index (χ3v) is 4.03. The lowest BCUT2D eigenvalue weighted by Gasteiger charge is -2.36. The van der Waals surface area contributed by atoms with E-state index in [1.165, 1.54) is 25.1 Å². The second-order valence-electron chi connectivity index (χ2n) is 5.30. The van der Waals surface area contributed by atoms with Crippen LogP contribution in [0.5, 0.6) is 0 Å². The maximum absolute atomic E-state index is 12.8. The van der Waals surface area contributed by atoms with E-state index in [2.05, 4.69) is 5.32 Å². The number of hydrogen-bond acceptors (Lipinski definition) is 5. The number of carbonyl (C=O) groups is 2. The predicted octanol–water partition coefficient (Wildman–Crippen LogP) is 0.827. The zero-order valence-corrected chi connectivity index (χ0v) is 12.9. The molecule has 22 heavy (non-hydrogen) atoms. The molecule has 0 aliphatic carbocycles. The molecule has 2 heterocycles. The molecule has 1 aromatic heterocycles. The number of likely N-dealkylation sites (tertiary alicyclic amines) is 1. The zero-order chi connectivity index (χ0) is 16.3. The van der Waals surface area contributed by atoms with Crippen molar-refractivity contribution in [2.24, 2.45) is 0 Å². The van der Waals surface area contributed by atoms with Crippen LogP contribution in [0.25, 0.3) is 0 Å². The van der Waals surface area contributed by atoms with Crippen LogP contribution < -0.4 is 5.32 Å². The molecular weight excluding hydrogens is 286 g/mol. The smallest absolute Gasteiger partial charge is 0.258 e. The second-order valence-corrected chi connectivity index (χ2v) is 5.30. The van der Waals surface area contributed by atoms with Crippen molar-refractivity contribution in [3.05, 3.63) is 23.2 Å². The van der Waals surface area contributed by atoms with E-state index in [1.807, 2.05) is 6.07 Å². The highest BCUT2D eigenvalue weighted by Gasteiger charge is 2.50. The Kier molecular flexibility index (Phi) is 4.52. The summed E-state index contributed by atoms with van der Waals surface area (Å²) < 4.78 is 10.4. The molecular formula is C15H19N3O4. The number of nitriles is 1. The third kappa shape index (κ3) is 2.46. The third-order valence-electron chi connectivity index (χ3n) is 4.03. The van der Waals surface area contributed by atoms with Gasteiger partial charge in [-0.25, -0.2) is 0 Å². The van der Waals surface area contributed by atoms with Crippen molar-refractivity contribution < 1.29 is 18.7 Å². The van der Waals surface area contributed by atoms with Crippen molar-refractivity contribution in [2.45, 2.75) is 25.3 Å². The Morgan fingerprint density at radius 3 is 2.86 bits per heavy atom. The van der Waals surface area contributed by atoms with Crippen LogP contribution in [-0.4, -0.2) is 49.6 Å². The molecule has 1 fully saturated rings. The lowest BCUT2D eigenvalue weighted by molar-refractivity contribution is -0.133. The molecule has 1 aromatic rings. The minimum absolute atomic E-state index is 0.0809. The number of likely N-dealkylation sites (N-methyl/N-ethyl adjacent to an activating group) is 1. The van der Waals surface area contributed by atoms with E-state index in [0.717, 1.165) is 0 Å². The van der Waals surface area contributed by atoms with Gasteiger partial charge in [-0.1, -0.05) is 0 Å². The van der Waals surface area contributed by atoms with Gasteiger partial charge in [0.2, 0.25) is 11.7 Å². The highest BCUT2D eigenvalue weighted by Crippen LogP contribution is 2.32. The Labute approximate surface area is 128 Å². The van der Waals surface area contributed by atoms with Gasteiger partial charge in [0.15, 0.2) is 0 Å². The average molecular weight is 305 g/mol. The topological polar surface area (TPSA) is 95.6 Å². The summed E-state index contributed by atoms with van der Waals surface area (Å²) in [6.07, 6.45) is 1.25. The van der Waals surface area contributed by atoms with Gasteiger partial charge in [0.1, 0.15) is 17.4 Å². The van der Waals surface area contributed by atoms with Crippen molar-refractivity contribution in [2.75, 3.05) is 27.3 Å². The number of hydrogen-bond donors (Lipinski definition) is 1. The van der Waals surface area contributed by atoms with Crippen LogP contribution in [0.1, 0.15) is 34.7 Å². The summed E-state index contributed by atoms with van der Waals surface area (Å²) in [7, 11) is 3.04. The molecule has 118 valence electrons. The SMILES string of the molecule is CNC(=O)C1(COC)CCCN1C(=O)c1cc(C#N)oc1C. The van der Waals surface area contributed by atoms with Crippen LogP contribution >= 0.6 is 0 Å². The normalized spacial score (nSPS) is 20.7. The first kappa shape index (κ1) is 16.0. The summed E-state index contributed by atoms with van der Waals surface area (Å²) in [5.41, 5.74) is -0.709. The Bertz CT molecular complexity index is 631. The standard InChI is InChI=1S/C15H19N3O4/c1-10-12(7-11(8-16)22-10)13(19)18-6-4-5-15(18,9-21-3)14(20)17-2/h7H,4-6,9H2,1-3H3,(H,17,20). The molecule has 7 heteroatoms. The van der Waals surface area contributed by atoms with Gasteiger partial charge >= 0.3 is 0 Å². The lowest BCUT2D eigenvalue weighted by atomic mass is 9.95. The number of methoxy groups -OCH3 is 1. The van der Waals surface area contributed by atoms with Crippen molar-refractivity contribution in [1.29, 1.82) is 5.26 Å². The molecule has 0 aromatic carbocycles. The van der Waals surface area contributed by atoms with Gasteiger partial charge in [0.05, 0.1) is 12.2 Å². The molecule has 1 N–H and O–H groups in total. The Hall–Kier alpha value is -2.33. The highest BCUT2D eigenvalue weighted by molar-refractivity contribution is 6.00. The van der Waals surface area contributed by atoms with E-state index in [1.54, 1.807) is 6.92 Å². The van der Waals surface area contributed by atoms with Crippen molar-refractivity contribution in [1.82, 2.24) is 10.2 Å². The van der Waals surface area contributed by atoms with E-state index in [-0.39, 0.29) is 24.2 Å². The number of ether oxygens (including phenoxy) is 1. The zero-order valence-electron chi connectivity index (χ0n) is 12.9. The Balaban J connectivity index is 2.40. The number of carbonyl (C=O) groups excluding carboxylic acids is 2. The fourth-order valence-electron chi connectivity index (χ4n) is 2.99. The lowest BCUT2D eigenvalue weighted by Crippen LogP contribution is -2.59. The molecule has 1 aliphatic heterocycles. The van der Waals surface area contributed by atoms with Crippen LogP contribution in [0.2, 0.25) is 0 Å². The molecule has 1 unspecified atom stereocenters. The summed E-state index contributed by atoms with van der Waals surface area (Å²) in [6.45, 7) is 2.21. The minimum atomic E-state index is -1.02. The molecule has 0 bridgehead atoms. The van der Waals surface area contributed by atoms with Crippen molar-refractivity contribution >= 4 is 11.8 Å². The van der Waals surface area contributed by atoms with Gasteiger partial charge in [-0.3, -0.25) is 9.59 Å². The van der Waals surface area contributed by atoms with Crippen LogP contribution in [0.3, 0.4) is 0 Å². The fourth-order valence-corrected chi connectivity index (χ4v) is 2.99. The summed E-state index contributed by atoms with van der Waals surface area (Å²) >= 11 is 0. The molecule has 1 atom stereocenters. The van der Waals surface area contributed by atoms with E-state index >= 15 is 0 Å². The molecule has 2 rings (SSSR count). The maximum atomic E-state index is 12.8. The molecule has 2 amide bonds. The maximum Gasteiger partial charge on any atom is 0.258 e. The monoisotopic (exact) mass is 305 g/mol. The van der Waals surface area contributed by atoms with E-state index in [9.17, 15) is 9.59 Å². The van der Waals surface area contributed by atoms with Crippen LogP contribution in [0.15, 0.2) is 10.5 Å². The first-order valence-electron chi connectivity index (χ1n) is 7.03. The van der Waals surface area contributed by atoms with Crippen molar-refractivity contribution in [3.8, 4) is 6.07 Å². The quantitative estimate of drug-likeness (QED) is 0.888. The highest BCUT2D eigenvalue weighted by atomic mass is 16.5. The number of rotatable bonds is 4. The molecule has 1 saturated heterocycles. The number of nitrogens with one attached hydrogen (secondary N) is 1. The van der Waals surface area contributed by atoms with Gasteiger partial charge in [-0.2, -0.15) is 5.26 Å². The van der Waals surface area contributed by atoms with Gasteiger partial charge in [0.25, 0.3) is 5.91 Å². The van der Waals surface area contributed by atoms with Gasteiger partial charge in [0, 0.05) is 26.8 Å². The number of amides is 2. The molecule has 0 radical (unpaired) electrons. The van der Waals surface area contributed by atoms with Gasteiger partial charge in [-0.05, 0) is 19.8 Å². The first-order valence-corrected chi connectivity index (χ1v) is 7.03. The summed E-state index contributed by atoms with van der Waals surface area (Å²) in [6, 6.07) is 3.29. The molecule has 1 aliphatic rings. The predicted molar refractivity (Wildman–Crippen MR) is 77.1 cm³/mol. The van der Waals surface area contributed by atoms with Gasteiger partial charge < -0.3 is 19.4 Å². The Morgan fingerprint density at radius 2 is 2.32 bits per heavy atom. The van der Waals surface area contributed by atoms with E-state index < -0.39 is 5.54 Å². The largest absolute Gasteiger partial charge is 0.450 e. The summed E-state index contributed by atoms with van der Waals surface area (Å²) in [4.78, 5) is 26.7. The van der Waals surface area contributed by atoms with Gasteiger partial charge in [-0.15, -0.1) is 0 Å². The molecule has 0 saturated carbocycles. The second kappa shape index (κ2) is 6.20. The average Bonchev–Trinajstić information content (AvgIpc) is 3.10. The summed E-state index contributed by atoms with van der Waals surface area (Å²) in [5, 5.41) is 11.5. The molecule has 7 nitrogen and oxygen atoms in total. The first-order chi connectivity index (χ1) is 10.5. The van der Waals surface area contributed by atoms with Crippen LogP contribution in [-0.2, 0) is 9.53 Å². The summed E-state index contributed by atoms with van der Waals surface area (Å²) in [5.74, 6) is -0.114. The van der Waals surface area contributed by atoms with Crippen LogP contribution in [0, 0.1) is 18.3 Å². The number of furan rings is 1. The van der Waals surface area contributed by atoms with Crippen molar-refractivity contribution in [3.63, 3.8) is 0 Å². The molecule has 0 spiro atoms. The number of aryl methyl sites for hydroxylation is 1.